The molecule has 0 radical (unpaired) electrons. The standard InChI is InChI=1S/C76H114N6O12/c1-13-21-31-53(17-5)49-93-67-43-58-44-68(94-50-54(18-6)32-22-14-2)66(74(88)78-48-70(84)80-62-38-60(76(90)92-36-28-26-30-52(11)12)40-64(46-62)82-72(86)56(20-8)34-24-16-4)42-57(58)41-65(67)73(87)77-47-69(83)79-61-37-59(75(89)91-35-27-25-29-51(9)10)39-63(45-61)81-71(85)55(19-7)33-23-15-3/h37-46,51-56H,13-36,47-50H2,1-12H3,(H,77,87)(H,78,88)(H,79,83)(H,80,84)(H,81,85)(H,82,86). The van der Waals surface area contributed by atoms with Crippen molar-refractivity contribution in [1.29, 1.82) is 0 Å². The fraction of sp³-hybridized carbons (Fsp3) is 0.605. The molecular weight excluding hydrogens is 1190 g/mol. The predicted octanol–water partition coefficient (Wildman–Crippen LogP) is 17.0. The van der Waals surface area contributed by atoms with E-state index in [1.54, 1.807) is 36.4 Å². The van der Waals surface area contributed by atoms with Crippen LogP contribution in [0.5, 0.6) is 11.5 Å². The molecular formula is C76H114N6O12. The molecule has 0 aliphatic rings. The highest BCUT2D eigenvalue weighted by molar-refractivity contribution is 6.08. The summed E-state index contributed by atoms with van der Waals surface area (Å²) in [5.41, 5.74) is 1.53. The van der Waals surface area contributed by atoms with Gasteiger partial charge in [-0.25, -0.2) is 9.59 Å². The van der Waals surface area contributed by atoms with E-state index in [0.29, 0.717) is 85.7 Å². The zero-order valence-corrected chi connectivity index (χ0v) is 58.9. The van der Waals surface area contributed by atoms with Gasteiger partial charge in [0.05, 0.1) is 61.8 Å². The molecule has 0 aromatic heterocycles. The molecule has 4 unspecified atom stereocenters. The van der Waals surface area contributed by atoms with Crippen LogP contribution >= 0.6 is 0 Å². The van der Waals surface area contributed by atoms with Gasteiger partial charge in [-0.3, -0.25) is 28.8 Å². The third-order valence-electron chi connectivity index (χ3n) is 17.2. The third-order valence-corrected chi connectivity index (χ3v) is 17.2. The van der Waals surface area contributed by atoms with Gasteiger partial charge < -0.3 is 50.8 Å². The van der Waals surface area contributed by atoms with Gasteiger partial charge in [0.1, 0.15) is 11.5 Å². The molecule has 4 rings (SSSR count). The lowest BCUT2D eigenvalue weighted by Crippen LogP contribution is -2.33. The first-order chi connectivity index (χ1) is 45.2. The van der Waals surface area contributed by atoms with E-state index in [2.05, 4.69) is 101 Å². The van der Waals surface area contributed by atoms with Crippen molar-refractivity contribution in [2.45, 2.75) is 224 Å². The molecule has 0 aliphatic carbocycles. The van der Waals surface area contributed by atoms with E-state index in [-0.39, 0.29) is 93.8 Å². The molecule has 94 heavy (non-hydrogen) atoms. The van der Waals surface area contributed by atoms with Crippen LogP contribution in [0.15, 0.2) is 60.7 Å². The van der Waals surface area contributed by atoms with Gasteiger partial charge in [0.2, 0.25) is 23.6 Å². The summed E-state index contributed by atoms with van der Waals surface area (Å²) >= 11 is 0. The van der Waals surface area contributed by atoms with Crippen molar-refractivity contribution in [3.63, 3.8) is 0 Å². The molecule has 18 heteroatoms. The first kappa shape index (κ1) is 78.9. The number of esters is 2. The minimum Gasteiger partial charge on any atom is -0.492 e. The number of carbonyl (C=O) groups excluding carboxylic acids is 8. The van der Waals surface area contributed by atoms with Crippen LogP contribution in [0.2, 0.25) is 0 Å². The molecule has 0 saturated carbocycles. The van der Waals surface area contributed by atoms with Crippen molar-refractivity contribution in [3.05, 3.63) is 82.9 Å². The Kier molecular flexibility index (Phi) is 36.5. The van der Waals surface area contributed by atoms with E-state index >= 15 is 0 Å². The van der Waals surface area contributed by atoms with Crippen LogP contribution in [0.4, 0.5) is 22.7 Å². The van der Waals surface area contributed by atoms with Gasteiger partial charge in [0, 0.05) is 34.6 Å². The molecule has 0 aliphatic heterocycles. The number of benzene rings is 4. The van der Waals surface area contributed by atoms with Crippen molar-refractivity contribution >= 4 is 80.9 Å². The number of hydrogen-bond acceptors (Lipinski definition) is 12. The maximum absolute atomic E-state index is 14.6. The zero-order chi connectivity index (χ0) is 69.0. The molecule has 4 atom stereocenters. The van der Waals surface area contributed by atoms with E-state index in [1.165, 1.54) is 24.3 Å². The minimum absolute atomic E-state index is 0.103. The second-order valence-electron chi connectivity index (χ2n) is 26.1. The average Bonchev–Trinajstić information content (AvgIpc) is 0.789. The lowest BCUT2D eigenvalue weighted by atomic mass is 9.98. The zero-order valence-electron chi connectivity index (χ0n) is 58.9. The number of unbranched alkanes of at least 4 members (excludes halogenated alkanes) is 6. The van der Waals surface area contributed by atoms with Crippen molar-refractivity contribution in [3.8, 4) is 11.5 Å². The number of hydrogen-bond donors (Lipinski definition) is 6. The second-order valence-corrected chi connectivity index (χ2v) is 26.1. The Morgan fingerprint density at radius 2 is 0.734 bits per heavy atom. The molecule has 18 nitrogen and oxygen atoms in total. The molecule has 6 amide bonds. The van der Waals surface area contributed by atoms with Crippen molar-refractivity contribution < 1.29 is 57.3 Å². The first-order valence-corrected chi connectivity index (χ1v) is 35.5. The monoisotopic (exact) mass is 1300 g/mol. The minimum atomic E-state index is -0.637. The Labute approximate surface area is 561 Å². The lowest BCUT2D eigenvalue weighted by molar-refractivity contribution is -0.121. The normalized spacial score (nSPS) is 12.5. The highest BCUT2D eigenvalue weighted by Crippen LogP contribution is 2.34. The van der Waals surface area contributed by atoms with E-state index in [1.807, 2.05) is 13.8 Å². The second kappa shape index (κ2) is 43.5. The maximum Gasteiger partial charge on any atom is 0.338 e. The summed E-state index contributed by atoms with van der Waals surface area (Å²) in [6, 6.07) is 15.9. The van der Waals surface area contributed by atoms with Gasteiger partial charge in [0.25, 0.3) is 11.8 Å². The number of amides is 6. The fourth-order valence-electron chi connectivity index (χ4n) is 11.1. The number of fused-ring (bicyclic) bond motifs is 1. The van der Waals surface area contributed by atoms with E-state index in [0.717, 1.165) is 103 Å². The summed E-state index contributed by atoms with van der Waals surface area (Å²) in [6.45, 7) is 25.2. The summed E-state index contributed by atoms with van der Waals surface area (Å²) in [5.74, 6) is -2.65. The SMILES string of the molecule is CCCCC(CC)COc1cc2cc(OCC(CC)CCCC)c(C(=O)NCC(=O)Nc3cc(NC(=O)C(CC)CCCC)cc(C(=O)OCCCCC(C)C)c3)cc2cc1C(=O)NCC(=O)Nc1cc(NC(=O)C(CC)CCCC)cc(C(=O)OCCCCC(C)C)c1. The Balaban J connectivity index is 1.70. The summed E-state index contributed by atoms with van der Waals surface area (Å²) in [6.07, 6.45) is 19.0. The molecule has 4 aromatic rings. The Morgan fingerprint density at radius 3 is 1.07 bits per heavy atom. The summed E-state index contributed by atoms with van der Waals surface area (Å²) in [5, 5.41) is 18.1. The summed E-state index contributed by atoms with van der Waals surface area (Å²) < 4.78 is 24.4. The number of rotatable bonds is 46. The molecule has 0 spiro atoms. The molecule has 0 fully saturated rings. The van der Waals surface area contributed by atoms with Crippen molar-refractivity contribution in [2.24, 2.45) is 35.5 Å². The fourth-order valence-corrected chi connectivity index (χ4v) is 11.1. The number of carbonyl (C=O) groups is 8. The largest absolute Gasteiger partial charge is 0.492 e. The number of ether oxygens (including phenoxy) is 4. The maximum atomic E-state index is 14.6. The van der Waals surface area contributed by atoms with E-state index in [9.17, 15) is 38.4 Å². The van der Waals surface area contributed by atoms with Gasteiger partial charge >= 0.3 is 11.9 Å². The van der Waals surface area contributed by atoms with Crippen LogP contribution < -0.4 is 41.4 Å². The van der Waals surface area contributed by atoms with Gasteiger partial charge in [-0.05, 0) is 159 Å². The summed E-state index contributed by atoms with van der Waals surface area (Å²) in [4.78, 5) is 111. The quantitative estimate of drug-likeness (QED) is 0.0179. The smallest absolute Gasteiger partial charge is 0.338 e. The van der Waals surface area contributed by atoms with Crippen LogP contribution in [-0.2, 0) is 28.7 Å². The van der Waals surface area contributed by atoms with E-state index in [4.69, 9.17) is 18.9 Å². The Bertz CT molecular complexity index is 2850. The van der Waals surface area contributed by atoms with Gasteiger partial charge in [-0.15, -0.1) is 0 Å². The highest BCUT2D eigenvalue weighted by atomic mass is 16.5. The van der Waals surface area contributed by atoms with Crippen molar-refractivity contribution in [1.82, 2.24) is 10.6 Å². The van der Waals surface area contributed by atoms with Crippen LogP contribution in [-0.4, -0.2) is 86.9 Å². The summed E-state index contributed by atoms with van der Waals surface area (Å²) in [7, 11) is 0. The molecule has 520 valence electrons. The van der Waals surface area contributed by atoms with Crippen molar-refractivity contribution in [2.75, 3.05) is 60.8 Å². The van der Waals surface area contributed by atoms with Gasteiger partial charge in [0.15, 0.2) is 0 Å². The third kappa shape index (κ3) is 28.2. The average molecular weight is 1300 g/mol. The Hall–Kier alpha value is -7.50. The molecule has 6 N–H and O–H groups in total. The first-order valence-electron chi connectivity index (χ1n) is 35.5. The highest BCUT2D eigenvalue weighted by Gasteiger charge is 2.25. The van der Waals surface area contributed by atoms with Crippen LogP contribution in [0.25, 0.3) is 10.8 Å². The molecule has 0 bridgehead atoms. The van der Waals surface area contributed by atoms with Crippen LogP contribution in [0, 0.1) is 35.5 Å². The molecule has 4 aromatic carbocycles. The van der Waals surface area contributed by atoms with Gasteiger partial charge in [-0.1, -0.05) is 160 Å². The van der Waals surface area contributed by atoms with Crippen LogP contribution in [0.3, 0.4) is 0 Å². The number of anilines is 4. The molecule has 0 heterocycles. The topological polar surface area (TPSA) is 246 Å². The lowest BCUT2D eigenvalue weighted by Gasteiger charge is -2.20. The predicted molar refractivity (Wildman–Crippen MR) is 378 cm³/mol. The molecule has 0 saturated heterocycles. The number of nitrogens with one attached hydrogen (secondary N) is 6. The van der Waals surface area contributed by atoms with E-state index < -0.39 is 48.7 Å². The van der Waals surface area contributed by atoms with Gasteiger partial charge in [-0.2, -0.15) is 0 Å². The Morgan fingerprint density at radius 1 is 0.383 bits per heavy atom. The van der Waals surface area contributed by atoms with Crippen LogP contribution in [0.1, 0.15) is 266 Å².